The van der Waals surface area contributed by atoms with E-state index in [4.69, 9.17) is 0 Å². The van der Waals surface area contributed by atoms with Gasteiger partial charge in [-0.3, -0.25) is 20.2 Å². The molecular formula is C19H15N3O4. The lowest BCUT2D eigenvalue weighted by molar-refractivity contribution is -0.385. The third-order valence-electron chi connectivity index (χ3n) is 4.06. The third-order valence-corrected chi connectivity index (χ3v) is 4.06. The smallest absolute Gasteiger partial charge is 0.258 e. The van der Waals surface area contributed by atoms with E-state index in [1.807, 2.05) is 13.0 Å². The van der Waals surface area contributed by atoms with Crippen LogP contribution in [0.15, 0.2) is 48.5 Å². The first-order chi connectivity index (χ1) is 12.5. The van der Waals surface area contributed by atoms with Crippen molar-refractivity contribution >= 4 is 34.4 Å². The molecule has 0 fully saturated rings. The van der Waals surface area contributed by atoms with Crippen molar-refractivity contribution in [3.05, 3.63) is 85.6 Å². The Morgan fingerprint density at radius 3 is 2.42 bits per heavy atom. The predicted octanol–water partition coefficient (Wildman–Crippen LogP) is 4.78. The van der Waals surface area contributed by atoms with Crippen molar-refractivity contribution in [2.45, 2.75) is 13.3 Å². The van der Waals surface area contributed by atoms with Crippen molar-refractivity contribution in [2.24, 2.45) is 0 Å². The quantitative estimate of drug-likeness (QED) is 0.487. The topological polar surface area (TPSA) is 99.2 Å². The molecule has 1 heterocycles. The number of benzene rings is 2. The number of nitrogens with zero attached hydrogens (tertiary/aromatic N) is 3. The van der Waals surface area contributed by atoms with Gasteiger partial charge >= 0.3 is 0 Å². The Labute approximate surface area is 148 Å². The Bertz CT molecular complexity index is 1040. The normalized spacial score (nSPS) is 11.1. The molecule has 0 atom stereocenters. The van der Waals surface area contributed by atoms with Gasteiger partial charge in [-0.05, 0) is 36.3 Å². The van der Waals surface area contributed by atoms with Crippen LogP contribution >= 0.6 is 0 Å². The van der Waals surface area contributed by atoms with Gasteiger partial charge in [-0.15, -0.1) is 0 Å². The van der Waals surface area contributed by atoms with Gasteiger partial charge in [0.15, 0.2) is 0 Å². The van der Waals surface area contributed by atoms with Crippen molar-refractivity contribution in [2.75, 3.05) is 0 Å². The summed E-state index contributed by atoms with van der Waals surface area (Å²) in [5, 5.41) is 22.7. The highest BCUT2D eigenvalue weighted by molar-refractivity contribution is 5.89. The van der Waals surface area contributed by atoms with Crippen molar-refractivity contribution in [3.63, 3.8) is 0 Å². The number of rotatable bonds is 5. The predicted molar refractivity (Wildman–Crippen MR) is 99.8 cm³/mol. The van der Waals surface area contributed by atoms with Gasteiger partial charge in [-0.25, -0.2) is 4.98 Å². The summed E-state index contributed by atoms with van der Waals surface area (Å²) >= 11 is 0. The van der Waals surface area contributed by atoms with Gasteiger partial charge in [0.1, 0.15) is 0 Å². The summed E-state index contributed by atoms with van der Waals surface area (Å²) in [6, 6.07) is 13.2. The van der Waals surface area contributed by atoms with E-state index in [0.717, 1.165) is 0 Å². The SMILES string of the molecule is CCc1ccc(/C=C/c2ccc3c([N+](=O)[O-])cccc3n2)cc1[N+](=O)[O-]. The first-order valence-corrected chi connectivity index (χ1v) is 7.99. The molecule has 0 aliphatic rings. The van der Waals surface area contributed by atoms with Crippen LogP contribution in [0.25, 0.3) is 23.1 Å². The summed E-state index contributed by atoms with van der Waals surface area (Å²) in [4.78, 5) is 25.8. The first kappa shape index (κ1) is 17.2. The zero-order valence-corrected chi connectivity index (χ0v) is 14.0. The molecule has 0 unspecified atom stereocenters. The van der Waals surface area contributed by atoms with Crippen LogP contribution in [0.2, 0.25) is 0 Å². The Morgan fingerprint density at radius 1 is 0.962 bits per heavy atom. The summed E-state index contributed by atoms with van der Waals surface area (Å²) < 4.78 is 0. The van der Waals surface area contributed by atoms with Gasteiger partial charge in [0.25, 0.3) is 11.4 Å². The van der Waals surface area contributed by atoms with Crippen LogP contribution in [-0.2, 0) is 6.42 Å². The monoisotopic (exact) mass is 349 g/mol. The Hall–Kier alpha value is -3.61. The van der Waals surface area contributed by atoms with Crippen molar-refractivity contribution in [1.82, 2.24) is 4.98 Å². The third kappa shape index (κ3) is 3.41. The molecule has 7 nitrogen and oxygen atoms in total. The number of fused-ring (bicyclic) bond motifs is 1. The number of nitro benzene ring substituents is 2. The van der Waals surface area contributed by atoms with Crippen LogP contribution in [0.5, 0.6) is 0 Å². The maximum atomic E-state index is 11.2. The van der Waals surface area contributed by atoms with Crippen LogP contribution in [0, 0.1) is 20.2 Å². The number of aryl methyl sites for hydroxylation is 1. The lowest BCUT2D eigenvalue weighted by Crippen LogP contribution is -1.94. The van der Waals surface area contributed by atoms with Crippen molar-refractivity contribution in [1.29, 1.82) is 0 Å². The Kier molecular flexibility index (Phi) is 4.70. The van der Waals surface area contributed by atoms with E-state index in [-0.39, 0.29) is 16.3 Å². The van der Waals surface area contributed by atoms with E-state index >= 15 is 0 Å². The highest BCUT2D eigenvalue weighted by Crippen LogP contribution is 2.25. The molecule has 26 heavy (non-hydrogen) atoms. The maximum absolute atomic E-state index is 11.2. The van der Waals surface area contributed by atoms with E-state index in [0.29, 0.717) is 34.1 Å². The molecule has 0 radical (unpaired) electrons. The van der Waals surface area contributed by atoms with Crippen LogP contribution < -0.4 is 0 Å². The minimum absolute atomic E-state index is 0.0105. The number of aromatic nitrogens is 1. The summed E-state index contributed by atoms with van der Waals surface area (Å²) in [5.74, 6) is 0. The molecule has 3 rings (SSSR count). The fourth-order valence-corrected chi connectivity index (χ4v) is 2.74. The van der Waals surface area contributed by atoms with Gasteiger partial charge in [-0.1, -0.05) is 31.2 Å². The Morgan fingerprint density at radius 2 is 1.73 bits per heavy atom. The minimum atomic E-state index is -0.437. The van der Waals surface area contributed by atoms with E-state index in [2.05, 4.69) is 4.98 Å². The standard InChI is InChI=1S/C19H15N3O4/c1-2-14-8-6-13(12-19(14)22(25)26)7-9-15-10-11-16-17(20-15)4-3-5-18(16)21(23)24/h3-12H,2H2,1H3/b9-7+. The van der Waals surface area contributed by atoms with E-state index in [1.165, 1.54) is 12.1 Å². The van der Waals surface area contributed by atoms with Gasteiger partial charge in [0, 0.05) is 17.7 Å². The van der Waals surface area contributed by atoms with Crippen LogP contribution in [0.4, 0.5) is 11.4 Å². The summed E-state index contributed by atoms with van der Waals surface area (Å²) in [6.07, 6.45) is 4.05. The molecule has 130 valence electrons. The first-order valence-electron chi connectivity index (χ1n) is 7.99. The van der Waals surface area contributed by atoms with Crippen molar-refractivity contribution in [3.8, 4) is 0 Å². The second-order valence-electron chi connectivity index (χ2n) is 5.67. The number of hydrogen-bond donors (Lipinski definition) is 0. The number of non-ortho nitro benzene ring substituents is 1. The molecule has 0 amide bonds. The molecule has 7 heteroatoms. The number of nitro groups is 2. The van der Waals surface area contributed by atoms with E-state index in [9.17, 15) is 20.2 Å². The van der Waals surface area contributed by atoms with Crippen molar-refractivity contribution < 1.29 is 9.85 Å². The summed E-state index contributed by atoms with van der Waals surface area (Å²) in [7, 11) is 0. The summed E-state index contributed by atoms with van der Waals surface area (Å²) in [6.45, 7) is 1.87. The zero-order valence-electron chi connectivity index (χ0n) is 14.0. The van der Waals surface area contributed by atoms with Crippen LogP contribution in [0.3, 0.4) is 0 Å². The van der Waals surface area contributed by atoms with Gasteiger partial charge in [0.05, 0.1) is 26.4 Å². The number of hydrogen-bond acceptors (Lipinski definition) is 5. The Balaban J connectivity index is 1.95. The summed E-state index contributed by atoms with van der Waals surface area (Å²) in [5.41, 5.74) is 2.61. The molecule has 0 aliphatic heterocycles. The maximum Gasteiger partial charge on any atom is 0.278 e. The molecule has 0 saturated carbocycles. The molecule has 0 bridgehead atoms. The molecular weight excluding hydrogens is 334 g/mol. The molecule has 0 saturated heterocycles. The second-order valence-corrected chi connectivity index (χ2v) is 5.67. The lowest BCUT2D eigenvalue weighted by Gasteiger charge is -2.02. The molecule has 1 aromatic heterocycles. The molecule has 2 aromatic carbocycles. The largest absolute Gasteiger partial charge is 0.278 e. The van der Waals surface area contributed by atoms with E-state index < -0.39 is 4.92 Å². The minimum Gasteiger partial charge on any atom is -0.258 e. The molecule has 0 aliphatic carbocycles. The fourth-order valence-electron chi connectivity index (χ4n) is 2.74. The van der Waals surface area contributed by atoms with Gasteiger partial charge < -0.3 is 0 Å². The van der Waals surface area contributed by atoms with Gasteiger partial charge in [-0.2, -0.15) is 0 Å². The van der Waals surface area contributed by atoms with E-state index in [1.54, 1.807) is 42.5 Å². The van der Waals surface area contributed by atoms with Gasteiger partial charge in [0.2, 0.25) is 0 Å². The molecule has 0 N–H and O–H groups in total. The molecule has 0 spiro atoms. The van der Waals surface area contributed by atoms with Crippen LogP contribution in [-0.4, -0.2) is 14.8 Å². The highest BCUT2D eigenvalue weighted by Gasteiger charge is 2.13. The number of pyridine rings is 1. The average molecular weight is 349 g/mol. The second kappa shape index (κ2) is 7.10. The zero-order chi connectivity index (χ0) is 18.7. The fraction of sp³-hybridized carbons (Fsp3) is 0.105. The average Bonchev–Trinajstić information content (AvgIpc) is 2.65. The lowest BCUT2D eigenvalue weighted by atomic mass is 10.1. The molecule has 3 aromatic rings. The highest BCUT2D eigenvalue weighted by atomic mass is 16.6. The van der Waals surface area contributed by atoms with Crippen LogP contribution in [0.1, 0.15) is 23.7 Å².